The Bertz CT molecular complexity index is 1110. The number of rotatable bonds is 8. The molecule has 0 radical (unpaired) electrons. The Labute approximate surface area is 193 Å². The Morgan fingerprint density at radius 3 is 1.97 bits per heavy atom. The molecule has 0 aliphatic carbocycles. The molecule has 0 aromatic heterocycles. The topological polar surface area (TPSA) is 139 Å². The minimum absolute atomic E-state index is 0.179. The van der Waals surface area contributed by atoms with E-state index < -0.39 is 21.8 Å². The van der Waals surface area contributed by atoms with Crippen molar-refractivity contribution < 1.29 is 22.8 Å². The quantitative estimate of drug-likeness (QED) is 0.531. The standard InChI is InChI=1S/C23H28N4O5S/c1-16-10-12-27(13-11-16)33(31,32)20-8-6-19(7-9-20)22(29)25-14-17-2-4-18(5-3-17)23(30)26-15-21(24)28/h2-9,16H,10-15H2,1H3,(H2,24,28)(H,25,29)(H,26,30). The minimum atomic E-state index is -3.56. The maximum Gasteiger partial charge on any atom is 0.251 e. The highest BCUT2D eigenvalue weighted by atomic mass is 32.2. The molecule has 1 saturated heterocycles. The Morgan fingerprint density at radius 1 is 0.909 bits per heavy atom. The van der Waals surface area contributed by atoms with Crippen LogP contribution >= 0.6 is 0 Å². The zero-order valence-corrected chi connectivity index (χ0v) is 19.2. The van der Waals surface area contributed by atoms with E-state index in [1.165, 1.54) is 28.6 Å². The van der Waals surface area contributed by atoms with E-state index in [4.69, 9.17) is 5.73 Å². The molecule has 0 atom stereocenters. The summed E-state index contributed by atoms with van der Waals surface area (Å²) in [6, 6.07) is 12.5. The van der Waals surface area contributed by atoms with Crippen LogP contribution in [0.1, 0.15) is 46.0 Å². The summed E-state index contributed by atoms with van der Waals surface area (Å²) in [5, 5.41) is 5.17. The van der Waals surface area contributed by atoms with Crippen LogP contribution in [0.15, 0.2) is 53.4 Å². The molecule has 9 nitrogen and oxygen atoms in total. The molecule has 1 aliphatic rings. The zero-order valence-electron chi connectivity index (χ0n) is 18.4. The molecule has 1 fully saturated rings. The Morgan fingerprint density at radius 2 is 1.42 bits per heavy atom. The van der Waals surface area contributed by atoms with E-state index in [1.807, 2.05) is 0 Å². The van der Waals surface area contributed by atoms with Crippen LogP contribution in [-0.2, 0) is 21.4 Å². The fourth-order valence-electron chi connectivity index (χ4n) is 3.48. The lowest BCUT2D eigenvalue weighted by Crippen LogP contribution is -2.37. The van der Waals surface area contributed by atoms with Crippen LogP contribution in [-0.4, -0.2) is 50.1 Å². The van der Waals surface area contributed by atoms with Gasteiger partial charge in [0.25, 0.3) is 11.8 Å². The van der Waals surface area contributed by atoms with E-state index >= 15 is 0 Å². The Balaban J connectivity index is 1.55. The van der Waals surface area contributed by atoms with Crippen molar-refractivity contribution in [3.05, 3.63) is 65.2 Å². The molecule has 0 unspecified atom stereocenters. The third kappa shape index (κ3) is 6.39. The van der Waals surface area contributed by atoms with Crippen LogP contribution in [0.2, 0.25) is 0 Å². The lowest BCUT2D eigenvalue weighted by molar-refractivity contribution is -0.117. The summed E-state index contributed by atoms with van der Waals surface area (Å²) in [6.45, 7) is 3.13. The van der Waals surface area contributed by atoms with Crippen LogP contribution < -0.4 is 16.4 Å². The molecule has 10 heteroatoms. The number of sulfonamides is 1. The monoisotopic (exact) mass is 472 g/mol. The summed E-state index contributed by atoms with van der Waals surface area (Å²) in [4.78, 5) is 35.3. The zero-order chi connectivity index (χ0) is 24.0. The van der Waals surface area contributed by atoms with E-state index in [1.54, 1.807) is 24.3 Å². The average molecular weight is 473 g/mol. The number of primary amides is 1. The number of piperidine rings is 1. The molecule has 0 saturated carbocycles. The van der Waals surface area contributed by atoms with Gasteiger partial charge in [-0.15, -0.1) is 0 Å². The van der Waals surface area contributed by atoms with Crippen molar-refractivity contribution in [2.45, 2.75) is 31.2 Å². The van der Waals surface area contributed by atoms with Crippen molar-refractivity contribution in [3.8, 4) is 0 Å². The molecule has 2 aromatic carbocycles. The molecule has 4 N–H and O–H groups in total. The summed E-state index contributed by atoms with van der Waals surface area (Å²) in [5.41, 5.74) is 6.49. The fourth-order valence-corrected chi connectivity index (χ4v) is 4.95. The summed E-state index contributed by atoms with van der Waals surface area (Å²) >= 11 is 0. The number of carbonyl (C=O) groups is 3. The summed E-state index contributed by atoms with van der Waals surface area (Å²) in [5.74, 6) is -0.861. The minimum Gasteiger partial charge on any atom is -0.368 e. The Hall–Kier alpha value is -3.24. The molecule has 33 heavy (non-hydrogen) atoms. The number of nitrogens with zero attached hydrogens (tertiary/aromatic N) is 1. The van der Waals surface area contributed by atoms with Crippen molar-refractivity contribution in [2.75, 3.05) is 19.6 Å². The van der Waals surface area contributed by atoms with Gasteiger partial charge in [0, 0.05) is 30.8 Å². The number of carbonyl (C=O) groups excluding carboxylic acids is 3. The second-order valence-electron chi connectivity index (χ2n) is 8.14. The van der Waals surface area contributed by atoms with Crippen LogP contribution in [0.4, 0.5) is 0 Å². The smallest absolute Gasteiger partial charge is 0.251 e. The normalized spacial score (nSPS) is 15.1. The highest BCUT2D eigenvalue weighted by Crippen LogP contribution is 2.23. The van der Waals surface area contributed by atoms with Crippen LogP contribution in [0, 0.1) is 5.92 Å². The molecule has 0 bridgehead atoms. The lowest BCUT2D eigenvalue weighted by Gasteiger charge is -2.29. The number of benzene rings is 2. The predicted molar refractivity (Wildman–Crippen MR) is 123 cm³/mol. The van der Waals surface area contributed by atoms with Gasteiger partial charge in [0.15, 0.2) is 0 Å². The van der Waals surface area contributed by atoms with E-state index in [2.05, 4.69) is 17.6 Å². The number of nitrogens with one attached hydrogen (secondary N) is 2. The fraction of sp³-hybridized carbons (Fsp3) is 0.348. The van der Waals surface area contributed by atoms with Crippen molar-refractivity contribution in [1.82, 2.24) is 14.9 Å². The predicted octanol–water partition coefficient (Wildman–Crippen LogP) is 1.25. The molecule has 1 aliphatic heterocycles. The van der Waals surface area contributed by atoms with E-state index in [0.717, 1.165) is 18.4 Å². The first kappa shape index (κ1) is 24.4. The van der Waals surface area contributed by atoms with Gasteiger partial charge in [-0.25, -0.2) is 8.42 Å². The summed E-state index contributed by atoms with van der Waals surface area (Å²) < 4.78 is 27.1. The highest BCUT2D eigenvalue weighted by molar-refractivity contribution is 7.89. The van der Waals surface area contributed by atoms with Gasteiger partial charge in [-0.05, 0) is 60.7 Å². The largest absolute Gasteiger partial charge is 0.368 e. The molecule has 176 valence electrons. The molecular weight excluding hydrogens is 444 g/mol. The lowest BCUT2D eigenvalue weighted by atomic mass is 10.0. The van der Waals surface area contributed by atoms with Gasteiger partial charge in [0.2, 0.25) is 15.9 Å². The second-order valence-corrected chi connectivity index (χ2v) is 10.1. The Kier molecular flexibility index (Phi) is 7.83. The maximum atomic E-state index is 12.8. The van der Waals surface area contributed by atoms with Crippen LogP contribution in [0.5, 0.6) is 0 Å². The first-order valence-corrected chi connectivity index (χ1v) is 12.1. The van der Waals surface area contributed by atoms with E-state index in [0.29, 0.717) is 30.1 Å². The van der Waals surface area contributed by atoms with Gasteiger partial charge in [-0.3, -0.25) is 14.4 Å². The molecule has 3 amide bonds. The summed E-state index contributed by atoms with van der Waals surface area (Å²) in [7, 11) is -3.56. The average Bonchev–Trinajstić information content (AvgIpc) is 2.81. The van der Waals surface area contributed by atoms with Crippen LogP contribution in [0.25, 0.3) is 0 Å². The van der Waals surface area contributed by atoms with Gasteiger partial charge in [0.1, 0.15) is 0 Å². The number of amides is 3. The van der Waals surface area contributed by atoms with Gasteiger partial charge in [-0.2, -0.15) is 4.31 Å². The van der Waals surface area contributed by atoms with E-state index in [9.17, 15) is 22.8 Å². The van der Waals surface area contributed by atoms with Gasteiger partial charge < -0.3 is 16.4 Å². The molecule has 3 rings (SSSR count). The third-order valence-electron chi connectivity index (χ3n) is 5.59. The first-order valence-electron chi connectivity index (χ1n) is 10.7. The molecule has 2 aromatic rings. The van der Waals surface area contributed by atoms with Crippen molar-refractivity contribution in [2.24, 2.45) is 11.7 Å². The van der Waals surface area contributed by atoms with Crippen LogP contribution in [0.3, 0.4) is 0 Å². The van der Waals surface area contributed by atoms with Gasteiger partial charge in [0.05, 0.1) is 11.4 Å². The molecular formula is C23H28N4O5S. The number of hydrogen-bond acceptors (Lipinski definition) is 5. The van der Waals surface area contributed by atoms with E-state index in [-0.39, 0.29) is 23.9 Å². The number of nitrogens with two attached hydrogens (primary N) is 1. The maximum absolute atomic E-state index is 12.8. The summed E-state index contributed by atoms with van der Waals surface area (Å²) in [6.07, 6.45) is 1.69. The van der Waals surface area contributed by atoms with Crippen molar-refractivity contribution in [3.63, 3.8) is 0 Å². The molecule has 1 heterocycles. The first-order chi connectivity index (χ1) is 15.7. The second kappa shape index (κ2) is 10.6. The number of hydrogen-bond donors (Lipinski definition) is 3. The van der Waals surface area contributed by atoms with Crippen molar-refractivity contribution >= 4 is 27.7 Å². The molecule has 0 spiro atoms. The van der Waals surface area contributed by atoms with Gasteiger partial charge >= 0.3 is 0 Å². The van der Waals surface area contributed by atoms with Crippen molar-refractivity contribution in [1.29, 1.82) is 0 Å². The highest BCUT2D eigenvalue weighted by Gasteiger charge is 2.28. The SMILES string of the molecule is CC1CCN(S(=O)(=O)c2ccc(C(=O)NCc3ccc(C(=O)NCC(N)=O)cc3)cc2)CC1. The van der Waals surface area contributed by atoms with Gasteiger partial charge in [-0.1, -0.05) is 19.1 Å². The third-order valence-corrected chi connectivity index (χ3v) is 7.50.